The average molecular weight is 438 g/mol. The highest BCUT2D eigenvalue weighted by molar-refractivity contribution is 5.80. The number of morpholine rings is 1. The number of para-hydroxylation sites is 1. The molecular weight excluding hydrogens is 406 g/mol. The number of nitrogens with zero attached hydrogens (tertiary/aromatic N) is 3. The molecule has 0 spiro atoms. The molecule has 3 aromatic rings. The molecular formula is C25H31N3O4. The van der Waals surface area contributed by atoms with Crippen LogP contribution in [0.25, 0.3) is 10.9 Å². The fourth-order valence-corrected chi connectivity index (χ4v) is 4.06. The van der Waals surface area contributed by atoms with Gasteiger partial charge in [-0.15, -0.1) is 0 Å². The van der Waals surface area contributed by atoms with Crippen LogP contribution in [0.15, 0.2) is 60.8 Å². The zero-order valence-corrected chi connectivity index (χ0v) is 18.5. The molecule has 1 N–H and O–H groups in total. The standard InChI is InChI=1S/C25H31N3O4/c1-26(17-22(29)18-28-11-10-21-4-2-3-5-24(21)28)16-20-6-8-23(9-7-20)32-19-25(30)27-12-14-31-15-13-27/h2-11,22,29H,12-19H2,1H3/t22-/m1/s1. The molecule has 2 heterocycles. The fraction of sp³-hybridized carbons (Fsp3) is 0.400. The molecule has 7 nitrogen and oxygen atoms in total. The van der Waals surface area contributed by atoms with Gasteiger partial charge in [0.1, 0.15) is 5.75 Å². The Labute approximate surface area is 188 Å². The Bertz CT molecular complexity index is 1010. The van der Waals surface area contributed by atoms with E-state index < -0.39 is 6.10 Å². The van der Waals surface area contributed by atoms with E-state index in [1.165, 1.54) is 5.39 Å². The van der Waals surface area contributed by atoms with Crippen LogP contribution in [0.2, 0.25) is 0 Å². The van der Waals surface area contributed by atoms with Gasteiger partial charge in [0, 0.05) is 44.4 Å². The second-order valence-corrected chi connectivity index (χ2v) is 8.30. The summed E-state index contributed by atoms with van der Waals surface area (Å²) in [6.45, 7) is 4.31. The maximum atomic E-state index is 12.2. The van der Waals surface area contributed by atoms with E-state index in [-0.39, 0.29) is 12.5 Å². The molecule has 0 unspecified atom stereocenters. The third-order valence-corrected chi connectivity index (χ3v) is 5.71. The summed E-state index contributed by atoms with van der Waals surface area (Å²) < 4.78 is 13.0. The van der Waals surface area contributed by atoms with Crippen molar-refractivity contribution in [2.24, 2.45) is 0 Å². The highest BCUT2D eigenvalue weighted by Gasteiger charge is 2.17. The van der Waals surface area contributed by atoms with Gasteiger partial charge in [0.25, 0.3) is 5.91 Å². The fourth-order valence-electron chi connectivity index (χ4n) is 4.06. The molecule has 2 aromatic carbocycles. The third-order valence-electron chi connectivity index (χ3n) is 5.71. The quantitative estimate of drug-likeness (QED) is 0.557. The summed E-state index contributed by atoms with van der Waals surface area (Å²) in [5.74, 6) is 0.666. The van der Waals surface area contributed by atoms with Crippen molar-refractivity contribution in [3.8, 4) is 5.75 Å². The number of ether oxygens (including phenoxy) is 2. The number of fused-ring (bicyclic) bond motifs is 1. The van der Waals surface area contributed by atoms with Crippen LogP contribution >= 0.6 is 0 Å². The molecule has 1 fully saturated rings. The molecule has 1 saturated heterocycles. The minimum absolute atomic E-state index is 0.0124. The number of likely N-dealkylation sites (N-methyl/N-ethyl adjacent to an activating group) is 1. The summed E-state index contributed by atoms with van der Waals surface area (Å²) in [6, 6.07) is 18.0. The third kappa shape index (κ3) is 5.88. The number of carbonyl (C=O) groups is 1. The van der Waals surface area contributed by atoms with Crippen LogP contribution in [-0.2, 0) is 22.6 Å². The number of rotatable bonds is 9. The van der Waals surface area contributed by atoms with Gasteiger partial charge in [-0.05, 0) is 42.3 Å². The van der Waals surface area contributed by atoms with Crippen LogP contribution in [0.3, 0.4) is 0 Å². The average Bonchev–Trinajstić information content (AvgIpc) is 3.21. The molecule has 1 aromatic heterocycles. The maximum absolute atomic E-state index is 12.2. The van der Waals surface area contributed by atoms with Crippen molar-refractivity contribution in [3.05, 3.63) is 66.4 Å². The molecule has 1 aliphatic heterocycles. The number of hydrogen-bond donors (Lipinski definition) is 1. The Morgan fingerprint density at radius 3 is 2.66 bits per heavy atom. The van der Waals surface area contributed by atoms with Crippen molar-refractivity contribution in [2.45, 2.75) is 19.2 Å². The van der Waals surface area contributed by atoms with E-state index in [2.05, 4.69) is 27.7 Å². The second-order valence-electron chi connectivity index (χ2n) is 8.30. The second kappa shape index (κ2) is 10.6. The zero-order chi connectivity index (χ0) is 22.3. The molecule has 1 atom stereocenters. The van der Waals surface area contributed by atoms with Gasteiger partial charge in [0.05, 0.1) is 19.3 Å². The number of carbonyl (C=O) groups excluding carboxylic acids is 1. The van der Waals surface area contributed by atoms with E-state index in [4.69, 9.17) is 9.47 Å². The van der Waals surface area contributed by atoms with Crippen LogP contribution < -0.4 is 4.74 Å². The van der Waals surface area contributed by atoms with Crippen LogP contribution in [-0.4, -0.2) is 78.0 Å². The Morgan fingerprint density at radius 1 is 1.12 bits per heavy atom. The molecule has 7 heteroatoms. The monoisotopic (exact) mass is 437 g/mol. The summed E-state index contributed by atoms with van der Waals surface area (Å²) >= 11 is 0. The van der Waals surface area contributed by atoms with Crippen molar-refractivity contribution in [3.63, 3.8) is 0 Å². The first kappa shape index (κ1) is 22.3. The largest absolute Gasteiger partial charge is 0.484 e. The first-order valence-corrected chi connectivity index (χ1v) is 11.1. The van der Waals surface area contributed by atoms with Gasteiger partial charge in [0.2, 0.25) is 0 Å². The van der Waals surface area contributed by atoms with Gasteiger partial charge in [-0.3, -0.25) is 9.69 Å². The lowest BCUT2D eigenvalue weighted by molar-refractivity contribution is -0.137. The minimum atomic E-state index is -0.468. The normalized spacial score (nSPS) is 15.3. The van der Waals surface area contributed by atoms with Crippen molar-refractivity contribution in [1.82, 2.24) is 14.4 Å². The molecule has 1 aliphatic rings. The van der Waals surface area contributed by atoms with E-state index in [1.807, 2.05) is 49.6 Å². The molecule has 0 saturated carbocycles. The number of amides is 1. The Morgan fingerprint density at radius 2 is 1.88 bits per heavy atom. The van der Waals surface area contributed by atoms with Gasteiger partial charge in [-0.1, -0.05) is 30.3 Å². The Hall–Kier alpha value is -2.87. The molecule has 0 bridgehead atoms. The number of aromatic nitrogens is 1. The van der Waals surface area contributed by atoms with Crippen LogP contribution in [0, 0.1) is 0 Å². The number of aliphatic hydroxyl groups is 1. The van der Waals surface area contributed by atoms with Crippen molar-refractivity contribution >= 4 is 16.8 Å². The minimum Gasteiger partial charge on any atom is -0.484 e. The van der Waals surface area contributed by atoms with Gasteiger partial charge in [-0.25, -0.2) is 0 Å². The van der Waals surface area contributed by atoms with Crippen LogP contribution in [0.5, 0.6) is 5.75 Å². The van der Waals surface area contributed by atoms with E-state index in [1.54, 1.807) is 4.90 Å². The van der Waals surface area contributed by atoms with Crippen molar-refractivity contribution in [1.29, 1.82) is 0 Å². The predicted molar refractivity (Wildman–Crippen MR) is 124 cm³/mol. The molecule has 1 amide bonds. The number of benzene rings is 2. The summed E-state index contributed by atoms with van der Waals surface area (Å²) in [5.41, 5.74) is 2.26. The van der Waals surface area contributed by atoms with Gasteiger partial charge in [-0.2, -0.15) is 0 Å². The maximum Gasteiger partial charge on any atom is 0.260 e. The van der Waals surface area contributed by atoms with Crippen LogP contribution in [0.4, 0.5) is 0 Å². The lowest BCUT2D eigenvalue weighted by Gasteiger charge is -2.26. The number of aliphatic hydroxyl groups excluding tert-OH is 1. The molecule has 0 radical (unpaired) electrons. The van der Waals surface area contributed by atoms with E-state index in [9.17, 15) is 9.90 Å². The Balaban J connectivity index is 1.22. The first-order chi connectivity index (χ1) is 15.6. The summed E-state index contributed by atoms with van der Waals surface area (Å²) in [6.07, 6.45) is 1.56. The molecule has 170 valence electrons. The summed E-state index contributed by atoms with van der Waals surface area (Å²) in [4.78, 5) is 16.1. The van der Waals surface area contributed by atoms with Crippen molar-refractivity contribution in [2.75, 3.05) is 46.5 Å². The Kier molecular flexibility index (Phi) is 7.42. The lowest BCUT2D eigenvalue weighted by atomic mass is 10.2. The highest BCUT2D eigenvalue weighted by atomic mass is 16.5. The van der Waals surface area contributed by atoms with Gasteiger partial charge >= 0.3 is 0 Å². The predicted octanol–water partition coefficient (Wildman–Crippen LogP) is 2.37. The molecule has 4 rings (SSSR count). The number of hydrogen-bond acceptors (Lipinski definition) is 5. The SMILES string of the molecule is CN(Cc1ccc(OCC(=O)N2CCOCC2)cc1)C[C@@H](O)Cn1ccc2ccccc21. The van der Waals surface area contributed by atoms with E-state index in [0.29, 0.717) is 45.1 Å². The zero-order valence-electron chi connectivity index (χ0n) is 18.5. The van der Waals surface area contributed by atoms with E-state index >= 15 is 0 Å². The van der Waals surface area contributed by atoms with Crippen LogP contribution in [0.1, 0.15) is 5.56 Å². The highest BCUT2D eigenvalue weighted by Crippen LogP contribution is 2.17. The molecule has 32 heavy (non-hydrogen) atoms. The molecule has 0 aliphatic carbocycles. The van der Waals surface area contributed by atoms with Gasteiger partial charge in [0.15, 0.2) is 6.61 Å². The topological polar surface area (TPSA) is 67.2 Å². The summed E-state index contributed by atoms with van der Waals surface area (Å²) in [7, 11) is 2.00. The van der Waals surface area contributed by atoms with E-state index in [0.717, 1.165) is 17.6 Å². The van der Waals surface area contributed by atoms with Crippen molar-refractivity contribution < 1.29 is 19.4 Å². The lowest BCUT2D eigenvalue weighted by Crippen LogP contribution is -2.42. The first-order valence-electron chi connectivity index (χ1n) is 11.1. The smallest absolute Gasteiger partial charge is 0.260 e. The summed E-state index contributed by atoms with van der Waals surface area (Å²) in [5, 5.41) is 11.8. The van der Waals surface area contributed by atoms with Gasteiger partial charge < -0.3 is 24.0 Å².